The highest BCUT2D eigenvalue weighted by atomic mass is 15.0. The van der Waals surface area contributed by atoms with E-state index in [0.29, 0.717) is 0 Å². The zero-order valence-corrected chi connectivity index (χ0v) is 32.4. The zero-order valence-electron chi connectivity index (χ0n) is 32.4. The molecule has 276 valence electrons. The molecule has 1 aromatic heterocycles. The standard InChI is InChI=1S/C57H38N2/c1-2-12-47(13-3-1)59-54-29-28-45(35-52(54)53-36-58-31-30-55(53)59)43-24-25-44-34-46(27-26-42(44)33-43)57-50-16-8-6-14-48(50)56(49-15-7-9-17-51(49)57)39-21-18-38(19-22-39)41-23-20-37-10-4-5-11-40(37)32-41/h1-35,58H,36H2. The molecule has 0 radical (unpaired) electrons. The van der Waals surface area contributed by atoms with Gasteiger partial charge in [0.15, 0.2) is 0 Å². The van der Waals surface area contributed by atoms with Gasteiger partial charge in [0.25, 0.3) is 0 Å². The summed E-state index contributed by atoms with van der Waals surface area (Å²) in [6, 6.07) is 73.9. The minimum absolute atomic E-state index is 0.814. The number of hydrogen-bond acceptors (Lipinski definition) is 1. The molecule has 1 aliphatic rings. The highest BCUT2D eigenvalue weighted by Crippen LogP contribution is 2.45. The lowest BCUT2D eigenvalue weighted by molar-refractivity contribution is 0.855. The first-order chi connectivity index (χ1) is 29.2. The van der Waals surface area contributed by atoms with Crippen LogP contribution in [0.25, 0.3) is 110 Å². The predicted molar refractivity (Wildman–Crippen MR) is 251 cm³/mol. The van der Waals surface area contributed by atoms with Crippen molar-refractivity contribution in [2.24, 2.45) is 0 Å². The predicted octanol–water partition coefficient (Wildman–Crippen LogP) is 15.0. The lowest BCUT2D eigenvalue weighted by Crippen LogP contribution is -2.10. The Bertz CT molecular complexity index is 3420. The van der Waals surface area contributed by atoms with Gasteiger partial charge in [-0.15, -0.1) is 0 Å². The van der Waals surface area contributed by atoms with E-state index in [9.17, 15) is 0 Å². The quantitative estimate of drug-likeness (QED) is 0.173. The van der Waals surface area contributed by atoms with Crippen LogP contribution in [-0.2, 0) is 6.54 Å². The fourth-order valence-corrected chi connectivity index (χ4v) is 9.60. The van der Waals surface area contributed by atoms with Gasteiger partial charge in [-0.2, -0.15) is 0 Å². The second-order valence-electron chi connectivity index (χ2n) is 15.7. The molecule has 11 aromatic rings. The van der Waals surface area contributed by atoms with Crippen LogP contribution in [0.15, 0.2) is 206 Å². The Kier molecular flexibility index (Phi) is 7.64. The number of hydrogen-bond donors (Lipinski definition) is 1. The molecule has 2 heteroatoms. The number of nitrogens with one attached hydrogen (secondary N) is 1. The van der Waals surface area contributed by atoms with Crippen molar-refractivity contribution in [1.29, 1.82) is 0 Å². The van der Waals surface area contributed by atoms with Crippen LogP contribution in [0.4, 0.5) is 0 Å². The van der Waals surface area contributed by atoms with E-state index < -0.39 is 0 Å². The first-order valence-electron chi connectivity index (χ1n) is 20.5. The Morgan fingerprint density at radius 2 is 0.831 bits per heavy atom. The molecule has 2 heterocycles. The van der Waals surface area contributed by atoms with Gasteiger partial charge in [0.05, 0.1) is 11.2 Å². The summed E-state index contributed by atoms with van der Waals surface area (Å²) in [6.07, 6.45) is 4.26. The van der Waals surface area contributed by atoms with Crippen molar-refractivity contribution < 1.29 is 0 Å². The maximum atomic E-state index is 3.45. The van der Waals surface area contributed by atoms with Crippen LogP contribution in [0.3, 0.4) is 0 Å². The van der Waals surface area contributed by atoms with Crippen LogP contribution in [0.2, 0.25) is 0 Å². The van der Waals surface area contributed by atoms with E-state index in [1.165, 1.54) is 115 Å². The number of benzene rings is 10. The molecule has 10 aromatic carbocycles. The van der Waals surface area contributed by atoms with Crippen molar-refractivity contribution in [3.8, 4) is 50.2 Å². The molecular formula is C57H38N2. The Balaban J connectivity index is 0.942. The molecule has 1 aliphatic heterocycles. The van der Waals surface area contributed by atoms with E-state index in [0.717, 1.165) is 6.54 Å². The summed E-state index contributed by atoms with van der Waals surface area (Å²) >= 11 is 0. The van der Waals surface area contributed by atoms with Crippen LogP contribution >= 0.6 is 0 Å². The maximum absolute atomic E-state index is 3.45. The summed E-state index contributed by atoms with van der Waals surface area (Å²) in [7, 11) is 0. The Labute approximate surface area is 342 Å². The molecule has 0 spiro atoms. The number of fused-ring (bicyclic) bond motifs is 7. The Hall–Kier alpha value is -7.68. The third kappa shape index (κ3) is 5.49. The molecule has 0 amide bonds. The molecule has 12 rings (SSSR count). The first-order valence-corrected chi connectivity index (χ1v) is 20.5. The molecule has 59 heavy (non-hydrogen) atoms. The SMILES string of the molecule is C1=Cc2c(c3cc(-c4ccc5cc(-c6c7ccccc7c(-c7ccc(-c8ccc9ccccc9c8)cc7)c7ccccc67)ccc5c4)ccc3n2-c2ccccc2)CN1. The monoisotopic (exact) mass is 750 g/mol. The lowest BCUT2D eigenvalue weighted by atomic mass is 9.85. The van der Waals surface area contributed by atoms with E-state index >= 15 is 0 Å². The van der Waals surface area contributed by atoms with Gasteiger partial charge in [-0.3, -0.25) is 0 Å². The summed E-state index contributed by atoms with van der Waals surface area (Å²) in [4.78, 5) is 0. The third-order valence-corrected chi connectivity index (χ3v) is 12.4. The Morgan fingerprint density at radius 1 is 0.356 bits per heavy atom. The van der Waals surface area contributed by atoms with Crippen molar-refractivity contribution in [1.82, 2.24) is 9.88 Å². The molecule has 0 unspecified atom stereocenters. The number of nitrogens with zero attached hydrogens (tertiary/aromatic N) is 1. The van der Waals surface area contributed by atoms with E-state index in [-0.39, 0.29) is 0 Å². The molecule has 0 bridgehead atoms. The number of rotatable bonds is 5. The number of aromatic nitrogens is 1. The van der Waals surface area contributed by atoms with Crippen LogP contribution in [0.5, 0.6) is 0 Å². The molecule has 0 saturated heterocycles. The van der Waals surface area contributed by atoms with Crippen LogP contribution < -0.4 is 5.32 Å². The van der Waals surface area contributed by atoms with Crippen LogP contribution in [0, 0.1) is 0 Å². The summed E-state index contributed by atoms with van der Waals surface area (Å²) < 4.78 is 2.39. The lowest BCUT2D eigenvalue weighted by Gasteiger charge is -2.18. The van der Waals surface area contributed by atoms with Crippen LogP contribution in [-0.4, -0.2) is 4.57 Å². The van der Waals surface area contributed by atoms with E-state index in [1.807, 2.05) is 0 Å². The molecule has 2 nitrogen and oxygen atoms in total. The van der Waals surface area contributed by atoms with Gasteiger partial charge in [-0.25, -0.2) is 0 Å². The minimum Gasteiger partial charge on any atom is -0.387 e. The van der Waals surface area contributed by atoms with E-state index in [2.05, 4.69) is 222 Å². The largest absolute Gasteiger partial charge is 0.387 e. The van der Waals surface area contributed by atoms with Gasteiger partial charge in [0, 0.05) is 23.2 Å². The molecule has 0 fully saturated rings. The van der Waals surface area contributed by atoms with Crippen molar-refractivity contribution in [2.45, 2.75) is 6.54 Å². The third-order valence-electron chi connectivity index (χ3n) is 12.4. The smallest absolute Gasteiger partial charge is 0.0538 e. The summed E-state index contributed by atoms with van der Waals surface area (Å²) in [5.74, 6) is 0. The topological polar surface area (TPSA) is 17.0 Å². The van der Waals surface area contributed by atoms with E-state index in [4.69, 9.17) is 0 Å². The van der Waals surface area contributed by atoms with Crippen molar-refractivity contribution in [3.63, 3.8) is 0 Å². The summed E-state index contributed by atoms with van der Waals surface area (Å²) in [6.45, 7) is 0.814. The normalized spacial score (nSPS) is 12.4. The van der Waals surface area contributed by atoms with Gasteiger partial charge in [0.1, 0.15) is 0 Å². The highest BCUT2D eigenvalue weighted by molar-refractivity contribution is 6.21. The molecule has 1 N–H and O–H groups in total. The summed E-state index contributed by atoms with van der Waals surface area (Å²) in [5.41, 5.74) is 14.9. The first kappa shape index (κ1) is 33.5. The second-order valence-corrected chi connectivity index (χ2v) is 15.7. The van der Waals surface area contributed by atoms with Gasteiger partial charge >= 0.3 is 0 Å². The fourth-order valence-electron chi connectivity index (χ4n) is 9.60. The van der Waals surface area contributed by atoms with Crippen LogP contribution in [0.1, 0.15) is 11.3 Å². The number of para-hydroxylation sites is 1. The zero-order chi connectivity index (χ0) is 38.9. The van der Waals surface area contributed by atoms with Crippen molar-refractivity contribution >= 4 is 60.1 Å². The average molecular weight is 751 g/mol. The van der Waals surface area contributed by atoms with Crippen molar-refractivity contribution in [2.75, 3.05) is 0 Å². The Morgan fingerprint density at radius 3 is 1.53 bits per heavy atom. The molecular weight excluding hydrogens is 713 g/mol. The molecule has 0 saturated carbocycles. The second kappa shape index (κ2) is 13.5. The van der Waals surface area contributed by atoms with Crippen molar-refractivity contribution in [3.05, 3.63) is 218 Å². The summed E-state index contributed by atoms with van der Waals surface area (Å²) in [5, 5.41) is 14.8. The van der Waals surface area contributed by atoms with Gasteiger partial charge in [-0.1, -0.05) is 158 Å². The maximum Gasteiger partial charge on any atom is 0.0538 e. The molecule has 0 atom stereocenters. The van der Waals surface area contributed by atoms with Gasteiger partial charge < -0.3 is 9.88 Å². The minimum atomic E-state index is 0.814. The van der Waals surface area contributed by atoms with Gasteiger partial charge in [-0.05, 0) is 142 Å². The van der Waals surface area contributed by atoms with E-state index in [1.54, 1.807) is 0 Å². The molecule has 0 aliphatic carbocycles. The van der Waals surface area contributed by atoms with Gasteiger partial charge in [0.2, 0.25) is 0 Å². The average Bonchev–Trinajstić information content (AvgIpc) is 3.64. The highest BCUT2D eigenvalue weighted by Gasteiger charge is 2.20. The fraction of sp³-hybridized carbons (Fsp3) is 0.0175.